The van der Waals surface area contributed by atoms with E-state index in [1.54, 1.807) is 6.92 Å². The van der Waals surface area contributed by atoms with Crippen LogP contribution >= 0.6 is 0 Å². The average molecular weight is 251 g/mol. The van der Waals surface area contributed by atoms with E-state index in [9.17, 15) is 9.59 Å². The van der Waals surface area contributed by atoms with Gasteiger partial charge in [0.05, 0.1) is 0 Å². The summed E-state index contributed by atoms with van der Waals surface area (Å²) in [4.78, 5) is 30.9. The van der Waals surface area contributed by atoms with Gasteiger partial charge in [-0.25, -0.2) is 4.98 Å². The molecule has 1 atom stereocenters. The zero-order chi connectivity index (χ0) is 13.1. The molecule has 6 heteroatoms. The molecule has 0 aromatic carbocycles. The first-order chi connectivity index (χ1) is 8.54. The van der Waals surface area contributed by atoms with E-state index < -0.39 is 5.97 Å². The lowest BCUT2D eigenvalue weighted by Crippen LogP contribution is -2.24. The number of nitrogens with zero attached hydrogens (tertiary/aromatic N) is 2. The monoisotopic (exact) mass is 251 g/mol. The summed E-state index contributed by atoms with van der Waals surface area (Å²) >= 11 is 0. The number of aliphatic carboxylic acids is 1. The number of aryl methyl sites for hydroxylation is 1. The van der Waals surface area contributed by atoms with Crippen LogP contribution in [0.3, 0.4) is 0 Å². The normalized spacial score (nSPS) is 19.2. The van der Waals surface area contributed by atoms with Gasteiger partial charge in [0.2, 0.25) is 0 Å². The van der Waals surface area contributed by atoms with Crippen molar-refractivity contribution < 1.29 is 9.90 Å². The van der Waals surface area contributed by atoms with Gasteiger partial charge in [-0.05, 0) is 25.7 Å². The van der Waals surface area contributed by atoms with E-state index in [0.717, 1.165) is 19.5 Å². The predicted molar refractivity (Wildman–Crippen MR) is 66.8 cm³/mol. The van der Waals surface area contributed by atoms with Gasteiger partial charge in [0.15, 0.2) is 0 Å². The molecule has 1 saturated heterocycles. The molecular weight excluding hydrogens is 234 g/mol. The number of anilines is 1. The van der Waals surface area contributed by atoms with Crippen LogP contribution in [-0.4, -0.2) is 34.1 Å². The minimum atomic E-state index is -0.751. The molecule has 0 amide bonds. The third kappa shape index (κ3) is 3.09. The van der Waals surface area contributed by atoms with Gasteiger partial charge in [0.25, 0.3) is 5.56 Å². The van der Waals surface area contributed by atoms with Gasteiger partial charge in [-0.2, -0.15) is 0 Å². The highest BCUT2D eigenvalue weighted by Crippen LogP contribution is 2.24. The van der Waals surface area contributed by atoms with Crippen LogP contribution in [0.4, 0.5) is 5.82 Å². The lowest BCUT2D eigenvalue weighted by atomic mass is 10.0. The summed E-state index contributed by atoms with van der Waals surface area (Å²) in [5.41, 5.74) is -0.147. The Bertz CT molecular complexity index is 498. The van der Waals surface area contributed by atoms with Crippen LogP contribution in [0.5, 0.6) is 0 Å². The number of rotatable bonds is 4. The summed E-state index contributed by atoms with van der Waals surface area (Å²) in [5, 5.41) is 8.66. The Morgan fingerprint density at radius 3 is 3.11 bits per heavy atom. The van der Waals surface area contributed by atoms with Gasteiger partial charge >= 0.3 is 5.97 Å². The SMILES string of the molecule is Cc1nc(N2CCC(CCC(=O)O)C2)cc(=O)[nH]1. The Morgan fingerprint density at radius 1 is 1.67 bits per heavy atom. The third-order valence-electron chi connectivity index (χ3n) is 3.22. The molecule has 0 aliphatic carbocycles. The molecule has 0 spiro atoms. The van der Waals surface area contributed by atoms with E-state index >= 15 is 0 Å². The lowest BCUT2D eigenvalue weighted by molar-refractivity contribution is -0.137. The summed E-state index contributed by atoms with van der Waals surface area (Å²) in [6, 6.07) is 1.49. The van der Waals surface area contributed by atoms with Gasteiger partial charge in [0.1, 0.15) is 11.6 Å². The molecule has 2 N–H and O–H groups in total. The van der Waals surface area contributed by atoms with Crippen molar-refractivity contribution in [2.45, 2.75) is 26.2 Å². The van der Waals surface area contributed by atoms with Gasteiger partial charge in [-0.1, -0.05) is 0 Å². The van der Waals surface area contributed by atoms with Crippen LogP contribution in [0.2, 0.25) is 0 Å². The second kappa shape index (κ2) is 5.20. The molecule has 2 rings (SSSR count). The maximum absolute atomic E-state index is 11.4. The number of carboxylic acid groups (broad SMARTS) is 1. The van der Waals surface area contributed by atoms with E-state index in [-0.39, 0.29) is 12.0 Å². The number of aromatic nitrogens is 2. The minimum absolute atomic E-state index is 0.147. The number of carbonyl (C=O) groups is 1. The van der Waals surface area contributed by atoms with Crippen LogP contribution in [0.15, 0.2) is 10.9 Å². The van der Waals surface area contributed by atoms with E-state index in [4.69, 9.17) is 5.11 Å². The molecule has 0 saturated carbocycles. The van der Waals surface area contributed by atoms with Crippen molar-refractivity contribution in [2.24, 2.45) is 5.92 Å². The number of H-pyrrole nitrogens is 1. The largest absolute Gasteiger partial charge is 0.481 e. The molecule has 18 heavy (non-hydrogen) atoms. The second-order valence-corrected chi connectivity index (χ2v) is 4.72. The second-order valence-electron chi connectivity index (χ2n) is 4.72. The fourth-order valence-electron chi connectivity index (χ4n) is 2.33. The number of hydrogen-bond donors (Lipinski definition) is 2. The standard InChI is InChI=1S/C12H17N3O3/c1-8-13-10(6-11(16)14-8)15-5-4-9(7-15)2-3-12(17)18/h6,9H,2-5,7H2,1H3,(H,17,18)(H,13,14,16). The highest BCUT2D eigenvalue weighted by Gasteiger charge is 2.24. The Hall–Kier alpha value is -1.85. The molecular formula is C12H17N3O3. The van der Waals surface area contributed by atoms with E-state index in [2.05, 4.69) is 14.9 Å². The Labute approximate surface area is 105 Å². The van der Waals surface area contributed by atoms with Crippen molar-refractivity contribution in [1.29, 1.82) is 0 Å². The quantitative estimate of drug-likeness (QED) is 0.825. The maximum atomic E-state index is 11.4. The average Bonchev–Trinajstić information content (AvgIpc) is 2.73. The Kier molecular flexibility index (Phi) is 3.64. The fraction of sp³-hybridized carbons (Fsp3) is 0.583. The zero-order valence-corrected chi connectivity index (χ0v) is 10.3. The summed E-state index contributed by atoms with van der Waals surface area (Å²) in [6.45, 7) is 3.37. The van der Waals surface area contributed by atoms with Gasteiger partial charge in [0, 0.05) is 25.6 Å². The summed E-state index contributed by atoms with van der Waals surface area (Å²) < 4.78 is 0. The third-order valence-corrected chi connectivity index (χ3v) is 3.22. The molecule has 1 aromatic heterocycles. The first-order valence-electron chi connectivity index (χ1n) is 6.09. The number of aromatic amines is 1. The molecule has 1 unspecified atom stereocenters. The minimum Gasteiger partial charge on any atom is -0.481 e. The van der Waals surface area contributed by atoms with E-state index in [1.165, 1.54) is 6.07 Å². The van der Waals surface area contributed by atoms with Gasteiger partial charge < -0.3 is 15.0 Å². The van der Waals surface area contributed by atoms with Crippen LogP contribution in [0, 0.1) is 12.8 Å². The molecule has 0 radical (unpaired) electrons. The number of nitrogens with one attached hydrogen (secondary N) is 1. The van der Waals surface area contributed by atoms with E-state index in [1.807, 2.05) is 0 Å². The molecule has 6 nitrogen and oxygen atoms in total. The van der Waals surface area contributed by atoms with Crippen molar-refractivity contribution in [3.8, 4) is 0 Å². The van der Waals surface area contributed by atoms with Gasteiger partial charge in [-0.15, -0.1) is 0 Å². The first-order valence-corrected chi connectivity index (χ1v) is 6.09. The van der Waals surface area contributed by atoms with Crippen molar-refractivity contribution in [2.75, 3.05) is 18.0 Å². The number of hydrogen-bond acceptors (Lipinski definition) is 4. The van der Waals surface area contributed by atoms with Crippen molar-refractivity contribution in [1.82, 2.24) is 9.97 Å². The zero-order valence-electron chi connectivity index (χ0n) is 10.3. The molecule has 1 aliphatic rings. The van der Waals surface area contributed by atoms with Crippen molar-refractivity contribution in [3.05, 3.63) is 22.2 Å². The highest BCUT2D eigenvalue weighted by atomic mass is 16.4. The Morgan fingerprint density at radius 2 is 2.44 bits per heavy atom. The maximum Gasteiger partial charge on any atom is 0.303 e. The smallest absolute Gasteiger partial charge is 0.303 e. The topological polar surface area (TPSA) is 86.3 Å². The summed E-state index contributed by atoms with van der Waals surface area (Å²) in [6.07, 6.45) is 1.86. The van der Waals surface area contributed by atoms with Gasteiger partial charge in [-0.3, -0.25) is 9.59 Å². The van der Waals surface area contributed by atoms with Crippen LogP contribution < -0.4 is 10.5 Å². The Balaban J connectivity index is 1.99. The van der Waals surface area contributed by atoms with Crippen LogP contribution in [0.25, 0.3) is 0 Å². The molecule has 0 bridgehead atoms. The first kappa shape index (κ1) is 12.6. The summed E-state index contributed by atoms with van der Waals surface area (Å²) in [5.74, 6) is 0.918. The van der Waals surface area contributed by atoms with Crippen molar-refractivity contribution >= 4 is 11.8 Å². The van der Waals surface area contributed by atoms with Crippen LogP contribution in [-0.2, 0) is 4.79 Å². The lowest BCUT2D eigenvalue weighted by Gasteiger charge is -2.17. The van der Waals surface area contributed by atoms with E-state index in [0.29, 0.717) is 24.0 Å². The molecule has 98 valence electrons. The van der Waals surface area contributed by atoms with Crippen LogP contribution in [0.1, 0.15) is 25.1 Å². The molecule has 1 fully saturated rings. The highest BCUT2D eigenvalue weighted by molar-refractivity contribution is 5.66. The molecule has 1 aromatic rings. The van der Waals surface area contributed by atoms with Crippen molar-refractivity contribution in [3.63, 3.8) is 0 Å². The predicted octanol–water partition coefficient (Wildman–Crippen LogP) is 0.769. The summed E-state index contributed by atoms with van der Waals surface area (Å²) in [7, 11) is 0. The molecule has 2 heterocycles. The fourth-order valence-corrected chi connectivity index (χ4v) is 2.33. The number of carboxylic acids is 1. The molecule has 1 aliphatic heterocycles.